The Kier molecular flexibility index (Phi) is 5.00. The number of benzene rings is 1. The van der Waals surface area contributed by atoms with Crippen molar-refractivity contribution in [3.63, 3.8) is 0 Å². The highest BCUT2D eigenvalue weighted by Crippen LogP contribution is 2.42. The average Bonchev–Trinajstić information content (AvgIpc) is 3.01. The van der Waals surface area contributed by atoms with Gasteiger partial charge in [-0.1, -0.05) is 39.7 Å². The van der Waals surface area contributed by atoms with E-state index in [1.165, 1.54) is 0 Å². The van der Waals surface area contributed by atoms with Gasteiger partial charge in [0.25, 0.3) is 0 Å². The minimum Gasteiger partial charge on any atom is -0.486 e. The molecule has 24 heavy (non-hydrogen) atoms. The minimum absolute atomic E-state index is 0.0944. The molecule has 0 atom stereocenters. The first kappa shape index (κ1) is 17.5. The van der Waals surface area contributed by atoms with Crippen LogP contribution in [0.2, 0.25) is 0 Å². The van der Waals surface area contributed by atoms with Gasteiger partial charge in [-0.15, -0.1) is 11.8 Å². The van der Waals surface area contributed by atoms with Crippen LogP contribution in [0.5, 0.6) is 11.5 Å². The van der Waals surface area contributed by atoms with E-state index in [2.05, 4.69) is 38.2 Å². The molecule has 0 unspecified atom stereocenters. The Labute approximate surface area is 148 Å². The Bertz CT molecular complexity index is 603. The normalized spacial score (nSPS) is 19.1. The van der Waals surface area contributed by atoms with Crippen LogP contribution in [0.25, 0.3) is 0 Å². The standard InChI is InChI=1S/C19H27NO3S/c1-18(2,3)24-13-17(21)20-19(8-4-5-9-19)14-6-7-15-16(12-14)23-11-10-22-15/h6-7,12H,4-5,8-11,13H2,1-3H3,(H,20,21). The van der Waals surface area contributed by atoms with E-state index in [4.69, 9.17) is 9.47 Å². The number of carbonyl (C=O) groups excluding carboxylic acids is 1. The van der Waals surface area contributed by atoms with Crippen LogP contribution >= 0.6 is 11.8 Å². The molecule has 0 spiro atoms. The molecule has 1 heterocycles. The third-order valence-corrected chi connectivity index (χ3v) is 5.84. The summed E-state index contributed by atoms with van der Waals surface area (Å²) in [5.74, 6) is 2.21. The number of thioether (sulfide) groups is 1. The van der Waals surface area contributed by atoms with Gasteiger partial charge in [0, 0.05) is 4.75 Å². The SMILES string of the molecule is CC(C)(C)SCC(=O)NC1(c2ccc3c(c2)OCCO3)CCCC1. The molecular weight excluding hydrogens is 322 g/mol. The molecule has 1 fully saturated rings. The van der Waals surface area contributed by atoms with E-state index in [1.54, 1.807) is 11.8 Å². The van der Waals surface area contributed by atoms with E-state index in [0.717, 1.165) is 42.7 Å². The van der Waals surface area contributed by atoms with E-state index in [1.807, 2.05) is 6.07 Å². The second-order valence-electron chi connectivity index (χ2n) is 7.60. The molecule has 132 valence electrons. The third kappa shape index (κ3) is 4.00. The van der Waals surface area contributed by atoms with Crippen LogP contribution < -0.4 is 14.8 Å². The quantitative estimate of drug-likeness (QED) is 0.896. The van der Waals surface area contributed by atoms with E-state index < -0.39 is 0 Å². The van der Waals surface area contributed by atoms with Gasteiger partial charge in [-0.2, -0.15) is 0 Å². The average molecular weight is 349 g/mol. The summed E-state index contributed by atoms with van der Waals surface area (Å²) in [5.41, 5.74) is 0.879. The lowest BCUT2D eigenvalue weighted by molar-refractivity contribution is -0.120. The molecule has 1 saturated carbocycles. The second kappa shape index (κ2) is 6.87. The van der Waals surface area contributed by atoms with Crippen LogP contribution in [-0.4, -0.2) is 29.6 Å². The Balaban J connectivity index is 1.77. The summed E-state index contributed by atoms with van der Waals surface area (Å²) in [6.45, 7) is 7.58. The molecule has 1 aromatic carbocycles. The molecule has 0 aromatic heterocycles. The molecule has 1 aromatic rings. The number of fused-ring (bicyclic) bond motifs is 1. The summed E-state index contributed by atoms with van der Waals surface area (Å²) in [4.78, 5) is 12.5. The molecule has 1 aliphatic heterocycles. The summed E-state index contributed by atoms with van der Waals surface area (Å²) < 4.78 is 11.4. The van der Waals surface area contributed by atoms with Gasteiger partial charge in [-0.3, -0.25) is 4.79 Å². The van der Waals surface area contributed by atoms with E-state index in [9.17, 15) is 4.79 Å². The largest absolute Gasteiger partial charge is 0.486 e. The number of rotatable bonds is 4. The highest BCUT2D eigenvalue weighted by Gasteiger charge is 2.38. The first-order valence-corrected chi connectivity index (χ1v) is 9.72. The number of amides is 1. The second-order valence-corrected chi connectivity index (χ2v) is 9.40. The molecule has 4 nitrogen and oxygen atoms in total. The van der Waals surface area contributed by atoms with Gasteiger partial charge < -0.3 is 14.8 Å². The van der Waals surface area contributed by atoms with Crippen molar-refractivity contribution in [1.82, 2.24) is 5.32 Å². The number of ether oxygens (including phenoxy) is 2. The zero-order valence-electron chi connectivity index (χ0n) is 14.8. The maximum Gasteiger partial charge on any atom is 0.230 e. The lowest BCUT2D eigenvalue weighted by Crippen LogP contribution is -2.45. The Morgan fingerprint density at radius 1 is 1.17 bits per heavy atom. The fourth-order valence-electron chi connectivity index (χ4n) is 3.39. The predicted octanol–water partition coefficient (Wildman–Crippen LogP) is 3.88. The molecule has 0 radical (unpaired) electrons. The number of nitrogens with one attached hydrogen (secondary N) is 1. The monoisotopic (exact) mass is 349 g/mol. The molecule has 1 amide bonds. The maximum absolute atomic E-state index is 12.5. The van der Waals surface area contributed by atoms with Gasteiger partial charge in [-0.05, 0) is 30.5 Å². The maximum atomic E-state index is 12.5. The van der Waals surface area contributed by atoms with Crippen LogP contribution in [0, 0.1) is 0 Å². The van der Waals surface area contributed by atoms with Gasteiger partial charge in [-0.25, -0.2) is 0 Å². The summed E-state index contributed by atoms with van der Waals surface area (Å²) >= 11 is 1.69. The Morgan fingerprint density at radius 3 is 2.50 bits per heavy atom. The van der Waals surface area contributed by atoms with Crippen molar-refractivity contribution in [2.75, 3.05) is 19.0 Å². The molecular formula is C19H27NO3S. The van der Waals surface area contributed by atoms with E-state index in [-0.39, 0.29) is 16.2 Å². The van der Waals surface area contributed by atoms with Crippen LogP contribution in [-0.2, 0) is 10.3 Å². The summed E-state index contributed by atoms with van der Waals surface area (Å²) in [6.07, 6.45) is 4.25. The van der Waals surface area contributed by atoms with Gasteiger partial charge in [0.1, 0.15) is 13.2 Å². The van der Waals surface area contributed by atoms with E-state index in [0.29, 0.717) is 19.0 Å². The first-order chi connectivity index (χ1) is 11.4. The van der Waals surface area contributed by atoms with Gasteiger partial charge in [0.2, 0.25) is 5.91 Å². The van der Waals surface area contributed by atoms with E-state index >= 15 is 0 Å². The molecule has 2 aliphatic rings. The van der Waals surface area contributed by atoms with Crippen LogP contribution in [0.3, 0.4) is 0 Å². The topological polar surface area (TPSA) is 47.6 Å². The lowest BCUT2D eigenvalue weighted by Gasteiger charge is -2.32. The van der Waals surface area contributed by atoms with Crippen molar-refractivity contribution < 1.29 is 14.3 Å². The Hall–Kier alpha value is -1.36. The van der Waals surface area contributed by atoms with Gasteiger partial charge in [0.05, 0.1) is 11.3 Å². The van der Waals surface area contributed by atoms with Crippen LogP contribution in [0.15, 0.2) is 18.2 Å². The fraction of sp³-hybridized carbons (Fsp3) is 0.632. The molecule has 5 heteroatoms. The lowest BCUT2D eigenvalue weighted by atomic mass is 9.87. The predicted molar refractivity (Wildman–Crippen MR) is 97.9 cm³/mol. The van der Waals surface area contributed by atoms with Gasteiger partial charge >= 0.3 is 0 Å². The molecule has 0 saturated heterocycles. The van der Waals surface area contributed by atoms with Crippen LogP contribution in [0.4, 0.5) is 0 Å². The molecule has 3 rings (SSSR count). The zero-order chi connectivity index (χ0) is 17.2. The van der Waals surface area contributed by atoms with Crippen molar-refractivity contribution in [2.45, 2.75) is 56.7 Å². The summed E-state index contributed by atoms with van der Waals surface area (Å²) in [5, 5.41) is 3.33. The third-order valence-electron chi connectivity index (χ3n) is 4.57. The van der Waals surface area contributed by atoms with Crippen molar-refractivity contribution in [3.05, 3.63) is 23.8 Å². The molecule has 1 N–H and O–H groups in total. The number of carbonyl (C=O) groups is 1. The number of hydrogen-bond acceptors (Lipinski definition) is 4. The molecule has 1 aliphatic carbocycles. The zero-order valence-corrected chi connectivity index (χ0v) is 15.6. The van der Waals surface area contributed by atoms with Crippen molar-refractivity contribution in [1.29, 1.82) is 0 Å². The smallest absolute Gasteiger partial charge is 0.230 e. The Morgan fingerprint density at radius 2 is 1.83 bits per heavy atom. The highest BCUT2D eigenvalue weighted by atomic mass is 32.2. The highest BCUT2D eigenvalue weighted by molar-refractivity contribution is 8.01. The summed E-state index contributed by atoms with van der Waals surface area (Å²) in [7, 11) is 0. The fourth-order valence-corrected chi connectivity index (χ4v) is 4.03. The van der Waals surface area contributed by atoms with Crippen molar-refractivity contribution in [2.24, 2.45) is 0 Å². The van der Waals surface area contributed by atoms with Crippen LogP contribution in [0.1, 0.15) is 52.0 Å². The first-order valence-electron chi connectivity index (χ1n) is 8.73. The summed E-state index contributed by atoms with van der Waals surface area (Å²) in [6, 6.07) is 6.10. The van der Waals surface area contributed by atoms with Crippen molar-refractivity contribution >= 4 is 17.7 Å². The van der Waals surface area contributed by atoms with Crippen molar-refractivity contribution in [3.8, 4) is 11.5 Å². The molecule has 0 bridgehead atoms. The number of hydrogen-bond donors (Lipinski definition) is 1. The van der Waals surface area contributed by atoms with Gasteiger partial charge in [0.15, 0.2) is 11.5 Å². The minimum atomic E-state index is -0.259.